The molecule has 0 aliphatic heterocycles. The molecule has 7 aromatic rings. The van der Waals surface area contributed by atoms with Gasteiger partial charge in [0.2, 0.25) is 11.4 Å². The zero-order valence-electron chi connectivity index (χ0n) is 46.8. The number of carbonyl (C=O) groups is 2. The lowest BCUT2D eigenvalue weighted by atomic mass is 10.0. The molecule has 0 fully saturated rings. The highest BCUT2D eigenvalue weighted by Crippen LogP contribution is 2.33. The Kier molecular flexibility index (Phi) is 23.3. The second-order valence-corrected chi connectivity index (χ2v) is 21.8. The van der Waals surface area contributed by atoms with Crippen LogP contribution < -0.4 is 44.4 Å². The van der Waals surface area contributed by atoms with Gasteiger partial charge in [0.25, 0.3) is 28.1 Å². The van der Waals surface area contributed by atoms with Crippen molar-refractivity contribution in [1.29, 1.82) is 10.5 Å². The van der Waals surface area contributed by atoms with E-state index < -0.39 is 34.7 Å². The second-order valence-electron chi connectivity index (χ2n) is 19.3. The number of amides is 2. The van der Waals surface area contributed by atoms with Crippen molar-refractivity contribution in [3.8, 4) is 17.8 Å². The number of benzene rings is 3. The third kappa shape index (κ3) is 17.0. The number of ether oxygens (including phenoxy) is 1. The first kappa shape index (κ1) is 66.6. The molecule has 29 heteroatoms. The molecule has 0 aliphatic carbocycles. The van der Waals surface area contributed by atoms with Crippen molar-refractivity contribution < 1.29 is 14.3 Å². The molecule has 7 rings (SSSR count). The highest BCUT2D eigenvalue weighted by Gasteiger charge is 2.20. The molecule has 0 atom stereocenters. The number of H-pyrrole nitrogens is 1. The van der Waals surface area contributed by atoms with E-state index in [0.717, 1.165) is 21.5 Å². The summed E-state index contributed by atoms with van der Waals surface area (Å²) in [6.07, 6.45) is -0.0105. The topological polar surface area (TPSA) is 326 Å². The number of alkyl carbamates (subject to hydrolysis) is 1. The van der Waals surface area contributed by atoms with Crippen molar-refractivity contribution in [2.45, 2.75) is 85.5 Å². The Labute approximate surface area is 510 Å². The smallest absolute Gasteiger partial charge is 0.414 e. The van der Waals surface area contributed by atoms with Gasteiger partial charge in [-0.15, -0.1) is 5.10 Å². The standard InChI is InChI=1S/C21H22Cl2N6O4.C19H16Cl2N6O3.C15H17Cl2N3O/c1-5-33-21(32)25-19(30)18(10-24)27-26-12-8-16(22)15(17(23)9-12)7-13-6-14(11(2)3)20(31)29(4)28-13;1-9(2)12-4-10(24-26(3)18(12)29)5-13-14(20)6-11(7-15(13)21)27-19(30)23-17(28)16(8-22)25-27;1-8(2)11-6-10(19-20(3)15(11)21)7-12-13(16)4-9(18)5-14(12)17/h6,8-9,11,26H,5,7H2,1-4H3,(H,25,30,32);4,6-7,9H,5H2,1-3H3,(H,23,28,30);4-6,8H,7,18H2,1-3H3/b27-18+;;. The largest absolute Gasteiger partial charge is 0.450 e. The first-order chi connectivity index (χ1) is 39.5. The average Bonchev–Trinajstić information content (AvgIpc) is 3.53. The molecule has 84 heavy (non-hydrogen) atoms. The van der Waals surface area contributed by atoms with Gasteiger partial charge in [0, 0.05) is 92.9 Å². The number of nitrogen functional groups attached to an aromatic ring is 1. The third-order valence-electron chi connectivity index (χ3n) is 12.1. The molecular weight excluding hydrogens is 1210 g/mol. The van der Waals surface area contributed by atoms with Gasteiger partial charge in [0.1, 0.15) is 12.1 Å². The van der Waals surface area contributed by atoms with Gasteiger partial charge in [-0.3, -0.25) is 39.7 Å². The number of aromatic nitrogens is 9. The number of nitriles is 2. The fourth-order valence-electron chi connectivity index (χ4n) is 7.85. The van der Waals surface area contributed by atoms with Crippen LogP contribution in [-0.2, 0) is 49.9 Å². The lowest BCUT2D eigenvalue weighted by molar-refractivity contribution is -0.114. The molecule has 0 saturated heterocycles. The normalized spacial score (nSPS) is 11.1. The first-order valence-electron chi connectivity index (χ1n) is 25.2. The van der Waals surface area contributed by atoms with Crippen LogP contribution in [-0.4, -0.2) is 68.4 Å². The number of aryl methyl sites for hydroxylation is 3. The minimum Gasteiger partial charge on any atom is -0.450 e. The van der Waals surface area contributed by atoms with Crippen LogP contribution in [0.25, 0.3) is 5.69 Å². The van der Waals surface area contributed by atoms with Gasteiger partial charge in [0.15, 0.2) is 0 Å². The van der Waals surface area contributed by atoms with Gasteiger partial charge in [0.05, 0.1) is 35.1 Å². The number of nitrogens with zero attached hydrogens (tertiary/aromatic N) is 11. The Morgan fingerprint density at radius 2 is 1.01 bits per heavy atom. The molecular formula is C55H55Cl6N15O8. The van der Waals surface area contributed by atoms with Crippen LogP contribution in [0.4, 0.5) is 16.2 Å². The van der Waals surface area contributed by atoms with Crippen LogP contribution in [0, 0.1) is 22.7 Å². The SMILES string of the molecule is CC(C)c1cc(Cc2c(Cl)cc(-n3nc(C#N)c(=O)[nH]c3=O)cc2Cl)nn(C)c1=O.CC(C)c1cc(Cc2c(Cl)cc(N)cc2Cl)nn(C)c1=O.CCOC(=O)NC(=O)/C(C#N)=N/Nc1cc(Cl)c(Cc2cc(C(C)C)c(=O)n(C)n2)c(Cl)c1. The molecule has 4 heterocycles. The highest BCUT2D eigenvalue weighted by atomic mass is 35.5. The van der Waals surface area contributed by atoms with E-state index in [-0.39, 0.29) is 79.7 Å². The Morgan fingerprint density at radius 3 is 1.37 bits per heavy atom. The van der Waals surface area contributed by atoms with Crippen molar-refractivity contribution in [2.75, 3.05) is 17.8 Å². The molecule has 2 amide bonds. The van der Waals surface area contributed by atoms with E-state index in [1.54, 1.807) is 64.5 Å². The monoisotopic (exact) mass is 1260 g/mol. The quantitative estimate of drug-likeness (QED) is 0.0449. The van der Waals surface area contributed by atoms with Crippen LogP contribution >= 0.6 is 69.6 Å². The Morgan fingerprint density at radius 1 is 0.631 bits per heavy atom. The maximum absolute atomic E-state index is 12.2. The molecule has 3 aromatic carbocycles. The van der Waals surface area contributed by atoms with Gasteiger partial charge in [-0.1, -0.05) is 111 Å². The number of imide groups is 1. The second kappa shape index (κ2) is 29.4. The van der Waals surface area contributed by atoms with Crippen molar-refractivity contribution in [3.63, 3.8) is 0 Å². The number of nitrogens with one attached hydrogen (secondary N) is 3. The van der Waals surface area contributed by atoms with Crippen molar-refractivity contribution in [3.05, 3.63) is 193 Å². The maximum atomic E-state index is 12.2. The predicted molar refractivity (Wildman–Crippen MR) is 323 cm³/mol. The summed E-state index contributed by atoms with van der Waals surface area (Å²) in [5.74, 6) is -0.857. The molecule has 23 nitrogen and oxygen atoms in total. The number of hydrazone groups is 1. The summed E-state index contributed by atoms with van der Waals surface area (Å²) in [6, 6.07) is 17.7. The lowest BCUT2D eigenvalue weighted by Gasteiger charge is -2.13. The van der Waals surface area contributed by atoms with E-state index in [1.807, 2.05) is 57.9 Å². The minimum atomic E-state index is -1.03. The summed E-state index contributed by atoms with van der Waals surface area (Å²) in [4.78, 5) is 85.4. The summed E-state index contributed by atoms with van der Waals surface area (Å²) in [5.41, 5.74) is 11.9. The molecule has 5 N–H and O–H groups in total. The summed E-state index contributed by atoms with van der Waals surface area (Å²) in [7, 11) is 4.80. The van der Waals surface area contributed by atoms with E-state index >= 15 is 0 Å². The maximum Gasteiger partial charge on any atom is 0.414 e. The van der Waals surface area contributed by atoms with Crippen molar-refractivity contribution in [1.82, 2.24) is 49.4 Å². The molecule has 440 valence electrons. The molecule has 0 aliphatic rings. The minimum absolute atomic E-state index is 0.0197. The van der Waals surface area contributed by atoms with E-state index in [9.17, 15) is 33.6 Å². The van der Waals surface area contributed by atoms with Crippen molar-refractivity contribution in [2.24, 2.45) is 26.2 Å². The van der Waals surface area contributed by atoms with Crippen LogP contribution in [0.3, 0.4) is 0 Å². The van der Waals surface area contributed by atoms with E-state index in [0.29, 0.717) is 61.5 Å². The van der Waals surface area contributed by atoms with E-state index in [1.165, 1.54) is 38.3 Å². The number of nitrogens with two attached hydrogens (primary N) is 1. The average molecular weight is 1270 g/mol. The fourth-order valence-corrected chi connectivity index (χ4v) is 9.72. The van der Waals surface area contributed by atoms with Gasteiger partial charge < -0.3 is 10.5 Å². The van der Waals surface area contributed by atoms with Gasteiger partial charge in [-0.2, -0.15) is 35.6 Å². The molecule has 0 spiro atoms. The molecule has 4 aromatic heterocycles. The zero-order valence-corrected chi connectivity index (χ0v) is 51.3. The van der Waals surface area contributed by atoms with Crippen LogP contribution in [0.2, 0.25) is 30.1 Å². The van der Waals surface area contributed by atoms with Gasteiger partial charge >= 0.3 is 11.8 Å². The summed E-state index contributed by atoms with van der Waals surface area (Å²) >= 11 is 38.0. The Bertz CT molecular complexity index is 4050. The predicted octanol–water partition coefficient (Wildman–Crippen LogP) is 8.66. The number of aromatic amines is 1. The summed E-state index contributed by atoms with van der Waals surface area (Å²) in [5, 5.41) is 42.3. The van der Waals surface area contributed by atoms with Crippen molar-refractivity contribution >= 4 is 98.7 Å². The number of hydrogen-bond acceptors (Lipinski definition) is 17. The number of rotatable bonds is 14. The molecule has 0 bridgehead atoms. The van der Waals surface area contributed by atoms with Crippen LogP contribution in [0.5, 0.6) is 0 Å². The molecule has 0 radical (unpaired) electrons. The highest BCUT2D eigenvalue weighted by molar-refractivity contribution is 6.47. The number of anilines is 2. The van der Waals surface area contributed by atoms with E-state index in [2.05, 4.69) is 35.7 Å². The summed E-state index contributed by atoms with van der Waals surface area (Å²) < 4.78 is 9.32. The van der Waals surface area contributed by atoms with Gasteiger partial charge in [-0.25, -0.2) is 23.6 Å². The van der Waals surface area contributed by atoms with Crippen LogP contribution in [0.15, 0.2) is 83.7 Å². The summed E-state index contributed by atoms with van der Waals surface area (Å²) in [6.45, 7) is 13.3. The first-order valence-corrected chi connectivity index (χ1v) is 27.5. The Hall–Kier alpha value is -8.16. The van der Waals surface area contributed by atoms with E-state index in [4.69, 9.17) is 85.9 Å². The number of halogens is 6. The van der Waals surface area contributed by atoms with Crippen LogP contribution in [0.1, 0.15) is 122 Å². The van der Waals surface area contributed by atoms with Gasteiger partial charge in [-0.05, 0) is 96.0 Å². The molecule has 0 unspecified atom stereocenters. The zero-order chi connectivity index (χ0) is 62.6. The third-order valence-corrected chi connectivity index (χ3v) is 14.1. The lowest BCUT2D eigenvalue weighted by Crippen LogP contribution is -2.36. The number of hydrogen-bond donors (Lipinski definition) is 4. The Balaban J connectivity index is 0.000000236. The fraction of sp³-hybridized carbons (Fsp3) is 0.309. The molecule has 0 saturated carbocycles. The number of carbonyl (C=O) groups excluding carboxylic acids is 2.